The van der Waals surface area contributed by atoms with E-state index in [1.54, 1.807) is 25.3 Å². The van der Waals surface area contributed by atoms with E-state index in [9.17, 15) is 13.2 Å². The Hall–Kier alpha value is -3.12. The first kappa shape index (κ1) is 20.2. The number of hydrogen-bond donors (Lipinski definition) is 1. The molecule has 0 aliphatic heterocycles. The van der Waals surface area contributed by atoms with Gasteiger partial charge in [0.1, 0.15) is 5.75 Å². The van der Waals surface area contributed by atoms with Crippen LogP contribution in [0.25, 0.3) is 16.3 Å². The number of carbonyl (C=O) groups is 1. The van der Waals surface area contributed by atoms with E-state index in [-0.39, 0.29) is 4.90 Å². The van der Waals surface area contributed by atoms with Crippen LogP contribution in [0, 0.1) is 0 Å². The predicted molar refractivity (Wildman–Crippen MR) is 118 cm³/mol. The number of benzene rings is 3. The summed E-state index contributed by atoms with van der Waals surface area (Å²) in [6, 6.07) is 16.0. The van der Waals surface area contributed by atoms with Gasteiger partial charge in [-0.25, -0.2) is 13.1 Å². The summed E-state index contributed by atoms with van der Waals surface area (Å²) < 4.78 is 33.9. The predicted octanol–water partition coefficient (Wildman–Crippen LogP) is 4.42. The van der Waals surface area contributed by atoms with Crippen LogP contribution in [0.15, 0.2) is 66.1 Å². The quantitative estimate of drug-likeness (QED) is 0.662. The van der Waals surface area contributed by atoms with E-state index < -0.39 is 21.8 Å². The highest BCUT2D eigenvalue weighted by Crippen LogP contribution is 2.43. The molecule has 0 radical (unpaired) electrons. The molecule has 0 saturated heterocycles. The van der Waals surface area contributed by atoms with Crippen LogP contribution in [-0.2, 0) is 21.2 Å². The van der Waals surface area contributed by atoms with Gasteiger partial charge in [0.15, 0.2) is 0 Å². The van der Waals surface area contributed by atoms with E-state index in [1.807, 2.05) is 37.3 Å². The van der Waals surface area contributed by atoms with Gasteiger partial charge in [0.05, 0.1) is 17.9 Å². The molecule has 30 heavy (non-hydrogen) atoms. The van der Waals surface area contributed by atoms with Crippen LogP contribution >= 0.6 is 0 Å². The lowest BCUT2D eigenvalue weighted by molar-refractivity contribution is -0.120. The molecule has 0 heterocycles. The van der Waals surface area contributed by atoms with Crippen LogP contribution in [0.5, 0.6) is 5.75 Å². The molecule has 3 aromatic carbocycles. The largest absolute Gasteiger partial charge is 0.496 e. The molecule has 0 fully saturated rings. The van der Waals surface area contributed by atoms with Crippen LogP contribution in [-0.4, -0.2) is 21.4 Å². The van der Waals surface area contributed by atoms with Crippen molar-refractivity contribution >= 4 is 32.3 Å². The Morgan fingerprint density at radius 2 is 1.83 bits per heavy atom. The average molecular weight is 422 g/mol. The Morgan fingerprint density at radius 1 is 1.10 bits per heavy atom. The lowest BCUT2D eigenvalue weighted by Crippen LogP contribution is -2.34. The second-order valence-corrected chi connectivity index (χ2v) is 9.18. The number of fused-ring (bicyclic) bond motifs is 2. The minimum atomic E-state index is -4.03. The van der Waals surface area contributed by atoms with Gasteiger partial charge in [0.2, 0.25) is 5.91 Å². The van der Waals surface area contributed by atoms with Crippen molar-refractivity contribution in [2.75, 3.05) is 7.11 Å². The van der Waals surface area contributed by atoms with Gasteiger partial charge < -0.3 is 4.74 Å². The molecule has 1 unspecified atom stereocenters. The van der Waals surface area contributed by atoms with Crippen molar-refractivity contribution < 1.29 is 17.9 Å². The number of hydrogen-bond acceptors (Lipinski definition) is 4. The van der Waals surface area contributed by atoms with Crippen molar-refractivity contribution in [2.45, 2.75) is 30.6 Å². The van der Waals surface area contributed by atoms with Gasteiger partial charge in [-0.1, -0.05) is 54.6 Å². The zero-order valence-electron chi connectivity index (χ0n) is 16.9. The van der Waals surface area contributed by atoms with Gasteiger partial charge in [-0.2, -0.15) is 0 Å². The number of sulfonamides is 1. The average Bonchev–Trinajstić information content (AvgIpc) is 3.17. The van der Waals surface area contributed by atoms with Crippen LogP contribution in [0.1, 0.15) is 36.0 Å². The number of amides is 1. The topological polar surface area (TPSA) is 72.5 Å². The summed E-state index contributed by atoms with van der Waals surface area (Å²) in [6.45, 7) is 5.94. The van der Waals surface area contributed by atoms with Crippen LogP contribution in [0.2, 0.25) is 0 Å². The van der Waals surface area contributed by atoms with Crippen molar-refractivity contribution in [3.63, 3.8) is 0 Å². The molecular formula is C24H23NO4S. The van der Waals surface area contributed by atoms with E-state index in [2.05, 4.69) is 11.3 Å². The highest BCUT2D eigenvalue weighted by Gasteiger charge is 2.35. The van der Waals surface area contributed by atoms with Crippen LogP contribution < -0.4 is 9.46 Å². The Labute approximate surface area is 176 Å². The second kappa shape index (κ2) is 7.61. The van der Waals surface area contributed by atoms with Gasteiger partial charge in [-0.3, -0.25) is 4.79 Å². The van der Waals surface area contributed by atoms with Crippen molar-refractivity contribution in [3.8, 4) is 5.75 Å². The molecule has 5 nitrogen and oxygen atoms in total. The molecule has 1 N–H and O–H groups in total. The molecular weight excluding hydrogens is 398 g/mol. The number of ether oxygens (including phenoxy) is 1. The van der Waals surface area contributed by atoms with Gasteiger partial charge in [-0.15, -0.1) is 0 Å². The van der Waals surface area contributed by atoms with Gasteiger partial charge in [0.25, 0.3) is 10.0 Å². The fourth-order valence-electron chi connectivity index (χ4n) is 4.26. The lowest BCUT2D eigenvalue weighted by atomic mass is 9.94. The van der Waals surface area contributed by atoms with E-state index in [4.69, 9.17) is 4.74 Å². The summed E-state index contributed by atoms with van der Waals surface area (Å²) in [5, 5.41) is 1.38. The first-order valence-electron chi connectivity index (χ1n) is 9.73. The first-order chi connectivity index (χ1) is 14.3. The van der Waals surface area contributed by atoms with E-state index in [1.165, 1.54) is 6.07 Å². The normalized spacial score (nSPS) is 15.6. The van der Waals surface area contributed by atoms with Gasteiger partial charge in [-0.05, 0) is 48.4 Å². The molecule has 6 heteroatoms. The minimum absolute atomic E-state index is 0.0924. The van der Waals surface area contributed by atoms with Crippen LogP contribution in [0.4, 0.5) is 0 Å². The zero-order chi connectivity index (χ0) is 21.5. The van der Waals surface area contributed by atoms with E-state index in [0.29, 0.717) is 24.0 Å². The molecule has 0 bridgehead atoms. The molecule has 1 atom stereocenters. The molecule has 0 saturated carbocycles. The zero-order valence-corrected chi connectivity index (χ0v) is 17.8. The smallest absolute Gasteiger partial charge is 0.264 e. The monoisotopic (exact) mass is 421 g/mol. The molecule has 1 aliphatic carbocycles. The maximum Gasteiger partial charge on any atom is 0.264 e. The first-order valence-corrected chi connectivity index (χ1v) is 11.2. The second-order valence-electron chi connectivity index (χ2n) is 7.53. The molecule has 1 aliphatic rings. The fraction of sp³-hybridized carbons (Fsp3) is 0.208. The number of carbonyl (C=O) groups excluding carboxylic acids is 1. The summed E-state index contributed by atoms with van der Waals surface area (Å²) >= 11 is 0. The van der Waals surface area contributed by atoms with Crippen molar-refractivity contribution in [1.29, 1.82) is 0 Å². The van der Waals surface area contributed by atoms with Crippen molar-refractivity contribution in [2.24, 2.45) is 0 Å². The highest BCUT2D eigenvalue weighted by atomic mass is 32.2. The Morgan fingerprint density at radius 3 is 2.57 bits per heavy atom. The lowest BCUT2D eigenvalue weighted by Gasteiger charge is -2.17. The molecule has 0 aromatic heterocycles. The van der Waals surface area contributed by atoms with Crippen LogP contribution in [0.3, 0.4) is 0 Å². The third kappa shape index (κ3) is 3.37. The minimum Gasteiger partial charge on any atom is -0.496 e. The summed E-state index contributed by atoms with van der Waals surface area (Å²) in [6.07, 6.45) is 1.19. The number of nitrogens with one attached hydrogen (secondary N) is 1. The van der Waals surface area contributed by atoms with Gasteiger partial charge in [0, 0.05) is 10.9 Å². The summed E-state index contributed by atoms with van der Waals surface area (Å²) in [7, 11) is -2.48. The Balaban J connectivity index is 1.71. The third-order valence-corrected chi connectivity index (χ3v) is 7.02. The summed E-state index contributed by atoms with van der Waals surface area (Å²) in [5.41, 5.74) is 3.64. The molecule has 3 aromatic rings. The Bertz CT molecular complexity index is 1270. The molecule has 1 amide bonds. The maximum atomic E-state index is 13.1. The number of rotatable bonds is 5. The van der Waals surface area contributed by atoms with Crippen molar-refractivity contribution in [1.82, 2.24) is 4.72 Å². The summed E-state index contributed by atoms with van der Waals surface area (Å²) in [5.74, 6) is -0.548. The standard InChI is InChI=1S/C24H23NO4S/c1-15(2)17-13-14-21(29-3)23-19(17)11-12-20(23)24(26)25-30(27,28)22-10-6-8-16-7-4-5-9-18(16)22/h4-10,13-14,20H,1,11-12H2,2-3H3,(H,25,26). The maximum absolute atomic E-state index is 13.1. The Kier molecular flexibility index (Phi) is 5.12. The number of allylic oxidation sites excluding steroid dienone is 1. The van der Waals surface area contributed by atoms with Crippen molar-refractivity contribution in [3.05, 3.63) is 77.9 Å². The third-order valence-electron chi connectivity index (χ3n) is 5.62. The molecule has 0 spiro atoms. The van der Waals surface area contributed by atoms with E-state index in [0.717, 1.165) is 27.6 Å². The van der Waals surface area contributed by atoms with E-state index >= 15 is 0 Å². The fourth-order valence-corrected chi connectivity index (χ4v) is 5.51. The highest BCUT2D eigenvalue weighted by molar-refractivity contribution is 7.90. The SMILES string of the molecule is C=C(C)c1ccc(OC)c2c1CCC2C(=O)NS(=O)(=O)c1cccc2ccccc12. The molecule has 154 valence electrons. The number of methoxy groups -OCH3 is 1. The summed E-state index contributed by atoms with van der Waals surface area (Å²) in [4.78, 5) is 13.2. The molecule has 4 rings (SSSR count). The van der Waals surface area contributed by atoms with Gasteiger partial charge >= 0.3 is 0 Å².